The van der Waals surface area contributed by atoms with Crippen molar-refractivity contribution in [1.82, 2.24) is 0 Å². The van der Waals surface area contributed by atoms with E-state index in [9.17, 15) is 0 Å². The van der Waals surface area contributed by atoms with Gasteiger partial charge in [0.2, 0.25) is 0 Å². The normalized spacial score (nSPS) is 19.8. The molecule has 0 fully saturated rings. The van der Waals surface area contributed by atoms with Crippen LogP contribution in [0.4, 0.5) is 0 Å². The summed E-state index contributed by atoms with van der Waals surface area (Å²) in [6, 6.07) is 0. The van der Waals surface area contributed by atoms with Crippen LogP contribution in [0.3, 0.4) is 0 Å². The third-order valence-corrected chi connectivity index (χ3v) is 21.3. The van der Waals surface area contributed by atoms with E-state index in [0.717, 1.165) is 6.61 Å². The average Bonchev–Trinajstić information content (AvgIpc) is 2.48. The summed E-state index contributed by atoms with van der Waals surface area (Å²) in [6.45, 7) is 7.92. The van der Waals surface area contributed by atoms with Crippen LogP contribution in [0.15, 0.2) is 12.2 Å². The van der Waals surface area contributed by atoms with Crippen LogP contribution in [-0.4, -0.2) is 29.1 Å². The number of hydrogen-bond acceptors (Lipinski definition) is 1. The molecular formula is C17H34OSn. The van der Waals surface area contributed by atoms with E-state index in [1.165, 1.54) is 44.9 Å². The van der Waals surface area contributed by atoms with Crippen molar-refractivity contribution in [2.24, 2.45) is 0 Å². The first-order chi connectivity index (χ1) is 9.29. The Bertz CT molecular complexity index is 228. The van der Waals surface area contributed by atoms with Crippen LogP contribution >= 0.6 is 0 Å². The quantitative estimate of drug-likeness (QED) is 0.352. The van der Waals surface area contributed by atoms with Crippen molar-refractivity contribution < 1.29 is 4.74 Å². The van der Waals surface area contributed by atoms with E-state index >= 15 is 0 Å². The van der Waals surface area contributed by atoms with Crippen LogP contribution in [0.5, 0.6) is 0 Å². The van der Waals surface area contributed by atoms with E-state index in [-0.39, 0.29) is 0 Å². The monoisotopic (exact) mass is 374 g/mol. The summed E-state index contributed by atoms with van der Waals surface area (Å²) in [5.41, 5.74) is 0. The summed E-state index contributed by atoms with van der Waals surface area (Å²) in [5, 5.41) is 0. The molecule has 0 saturated heterocycles. The predicted octanol–water partition coefficient (Wildman–Crippen LogP) is 5.72. The van der Waals surface area contributed by atoms with Gasteiger partial charge in [-0.05, 0) is 0 Å². The number of unbranched alkanes of at least 4 members (excludes halogenated alkanes) is 3. The molecule has 1 atom stereocenters. The minimum absolute atomic E-state index is 0.684. The SMILES string of the molecule is CCC[CH2][Sn]([CH2]CCC)([CH2]CCC)[CH]1CC=CCO1. The van der Waals surface area contributed by atoms with Gasteiger partial charge in [-0.25, -0.2) is 0 Å². The molecule has 1 aliphatic rings. The molecule has 1 rings (SSSR count). The maximum absolute atomic E-state index is 6.24. The van der Waals surface area contributed by atoms with Crippen LogP contribution in [0.2, 0.25) is 13.3 Å². The zero-order valence-electron chi connectivity index (χ0n) is 13.4. The third kappa shape index (κ3) is 5.79. The van der Waals surface area contributed by atoms with Crippen molar-refractivity contribution in [3.05, 3.63) is 12.2 Å². The van der Waals surface area contributed by atoms with E-state index in [4.69, 9.17) is 4.74 Å². The first-order valence-electron chi connectivity index (χ1n) is 8.55. The Hall–Kier alpha value is 0.499. The predicted molar refractivity (Wildman–Crippen MR) is 88.4 cm³/mol. The van der Waals surface area contributed by atoms with Gasteiger partial charge in [0, 0.05) is 0 Å². The topological polar surface area (TPSA) is 9.23 Å². The van der Waals surface area contributed by atoms with Gasteiger partial charge in [0.15, 0.2) is 0 Å². The van der Waals surface area contributed by atoms with Gasteiger partial charge in [-0.2, -0.15) is 0 Å². The molecule has 19 heavy (non-hydrogen) atoms. The molecule has 0 aromatic carbocycles. The summed E-state index contributed by atoms with van der Waals surface area (Å²) in [6.07, 6.45) is 14.3. The molecule has 0 aromatic heterocycles. The molecule has 1 nitrogen and oxygen atoms in total. The fourth-order valence-electron chi connectivity index (χ4n) is 3.40. The molecule has 0 amide bonds. The molecule has 0 aromatic rings. The molecule has 0 saturated carbocycles. The van der Waals surface area contributed by atoms with Gasteiger partial charge in [0.1, 0.15) is 0 Å². The summed E-state index contributed by atoms with van der Waals surface area (Å²) < 4.78 is 11.6. The summed E-state index contributed by atoms with van der Waals surface area (Å²) >= 11 is -2.09. The molecule has 1 aliphatic heterocycles. The van der Waals surface area contributed by atoms with Crippen molar-refractivity contribution in [3.63, 3.8) is 0 Å². The van der Waals surface area contributed by atoms with Gasteiger partial charge in [0.05, 0.1) is 0 Å². The molecule has 1 unspecified atom stereocenters. The van der Waals surface area contributed by atoms with Gasteiger partial charge in [-0.15, -0.1) is 0 Å². The van der Waals surface area contributed by atoms with Gasteiger partial charge in [-0.3, -0.25) is 0 Å². The Morgan fingerprint density at radius 3 is 1.79 bits per heavy atom. The summed E-state index contributed by atoms with van der Waals surface area (Å²) in [7, 11) is 0. The molecule has 0 aliphatic carbocycles. The van der Waals surface area contributed by atoms with Crippen LogP contribution < -0.4 is 0 Å². The second-order valence-corrected chi connectivity index (χ2v) is 20.1. The second-order valence-electron chi connectivity index (χ2n) is 6.20. The fraction of sp³-hybridized carbons (Fsp3) is 0.882. The molecule has 112 valence electrons. The summed E-state index contributed by atoms with van der Waals surface area (Å²) in [5.74, 6) is 0. The van der Waals surface area contributed by atoms with Crippen LogP contribution in [0, 0.1) is 0 Å². The fourth-order valence-corrected chi connectivity index (χ4v) is 20.5. The van der Waals surface area contributed by atoms with Crippen molar-refractivity contribution in [2.45, 2.75) is 83.1 Å². The Kier molecular flexibility index (Phi) is 9.48. The molecule has 0 bridgehead atoms. The van der Waals surface area contributed by atoms with Gasteiger partial charge < -0.3 is 0 Å². The molecule has 0 radical (unpaired) electrons. The van der Waals surface area contributed by atoms with Crippen LogP contribution in [-0.2, 0) is 4.74 Å². The third-order valence-electron chi connectivity index (χ3n) is 4.68. The zero-order valence-corrected chi connectivity index (χ0v) is 16.3. The molecule has 0 N–H and O–H groups in total. The molecular weight excluding hydrogens is 339 g/mol. The van der Waals surface area contributed by atoms with E-state index in [0.29, 0.717) is 4.12 Å². The van der Waals surface area contributed by atoms with Crippen molar-refractivity contribution in [1.29, 1.82) is 0 Å². The van der Waals surface area contributed by atoms with Crippen molar-refractivity contribution in [2.75, 3.05) is 6.61 Å². The Morgan fingerprint density at radius 2 is 1.42 bits per heavy atom. The van der Waals surface area contributed by atoms with E-state index in [1.54, 1.807) is 13.3 Å². The number of rotatable bonds is 10. The van der Waals surface area contributed by atoms with Gasteiger partial charge >= 0.3 is 125 Å². The van der Waals surface area contributed by atoms with Crippen LogP contribution in [0.1, 0.15) is 65.7 Å². The van der Waals surface area contributed by atoms with E-state index in [2.05, 4.69) is 32.9 Å². The number of hydrogen-bond donors (Lipinski definition) is 0. The zero-order chi connectivity index (χ0) is 14.0. The summed E-state index contributed by atoms with van der Waals surface area (Å²) in [4.78, 5) is 0. The van der Waals surface area contributed by atoms with Crippen LogP contribution in [0.25, 0.3) is 0 Å². The number of ether oxygens (including phenoxy) is 1. The Balaban J connectivity index is 2.76. The Labute approximate surface area is 125 Å². The van der Waals surface area contributed by atoms with Crippen molar-refractivity contribution in [3.8, 4) is 0 Å². The molecule has 0 spiro atoms. The first-order valence-corrected chi connectivity index (χ1v) is 16.3. The van der Waals surface area contributed by atoms with Crippen molar-refractivity contribution >= 4 is 18.4 Å². The van der Waals surface area contributed by atoms with E-state index < -0.39 is 18.4 Å². The minimum atomic E-state index is -2.09. The van der Waals surface area contributed by atoms with E-state index in [1.807, 2.05) is 0 Å². The Morgan fingerprint density at radius 1 is 0.895 bits per heavy atom. The van der Waals surface area contributed by atoms with Gasteiger partial charge in [0.25, 0.3) is 0 Å². The average molecular weight is 373 g/mol. The first kappa shape index (κ1) is 17.5. The maximum atomic E-state index is 6.24. The second kappa shape index (κ2) is 10.3. The van der Waals surface area contributed by atoms with Gasteiger partial charge in [-0.1, -0.05) is 0 Å². The molecule has 2 heteroatoms. The molecule has 1 heterocycles. The standard InChI is InChI=1S/C5H7O.3C4H9.Sn/c1-2-4-6-5-3-1;3*1-3-4-2;/h1-2,5H,3-4H2;3*1,3-4H2,2H3;.